The second-order valence-electron chi connectivity index (χ2n) is 3.62. The highest BCUT2D eigenvalue weighted by Crippen LogP contribution is 2.24. The number of nitrogens with zero attached hydrogens (tertiary/aromatic N) is 2. The predicted molar refractivity (Wildman–Crippen MR) is 54.2 cm³/mol. The maximum atomic E-state index is 6.07. The predicted octanol–water partition coefficient (Wildman–Crippen LogP) is 2.83. The quantitative estimate of drug-likeness (QED) is 0.715. The number of rotatable bonds is 2. The standard InChI is InChI=1S/C10H15ClN2/c1-2-5-9-12-10(11)8-6-3-4-7-13(8)9/h2-7H2,1H3. The lowest BCUT2D eigenvalue weighted by Gasteiger charge is -2.16. The van der Waals surface area contributed by atoms with Crippen molar-refractivity contribution in [1.29, 1.82) is 0 Å². The summed E-state index contributed by atoms with van der Waals surface area (Å²) in [5, 5.41) is 0.739. The Kier molecular flexibility index (Phi) is 2.58. The number of imidazole rings is 1. The van der Waals surface area contributed by atoms with Gasteiger partial charge in [-0.05, 0) is 25.7 Å². The normalized spacial score (nSPS) is 15.8. The summed E-state index contributed by atoms with van der Waals surface area (Å²) in [5.74, 6) is 1.18. The van der Waals surface area contributed by atoms with Gasteiger partial charge in [-0.25, -0.2) is 4.98 Å². The van der Waals surface area contributed by atoms with E-state index in [0.717, 1.165) is 31.0 Å². The minimum absolute atomic E-state index is 0.739. The third-order valence-electron chi connectivity index (χ3n) is 2.62. The Morgan fingerprint density at radius 3 is 3.08 bits per heavy atom. The van der Waals surface area contributed by atoms with Crippen LogP contribution in [-0.2, 0) is 19.4 Å². The molecule has 1 aliphatic heterocycles. The summed E-state index contributed by atoms with van der Waals surface area (Å²) in [6, 6.07) is 0. The SMILES string of the molecule is CCCc1nc(Cl)c2n1CCCC2. The molecule has 0 bridgehead atoms. The first-order valence-corrected chi connectivity index (χ1v) is 5.44. The van der Waals surface area contributed by atoms with Crippen LogP contribution in [0.1, 0.15) is 37.7 Å². The second-order valence-corrected chi connectivity index (χ2v) is 3.98. The van der Waals surface area contributed by atoms with Crippen molar-refractivity contribution in [3.05, 3.63) is 16.7 Å². The van der Waals surface area contributed by atoms with E-state index in [2.05, 4.69) is 16.5 Å². The van der Waals surface area contributed by atoms with Gasteiger partial charge in [-0.2, -0.15) is 0 Å². The molecule has 2 heterocycles. The largest absolute Gasteiger partial charge is 0.331 e. The molecule has 0 N–H and O–H groups in total. The highest BCUT2D eigenvalue weighted by Gasteiger charge is 2.17. The highest BCUT2D eigenvalue weighted by molar-refractivity contribution is 6.30. The molecule has 72 valence electrons. The van der Waals surface area contributed by atoms with Crippen molar-refractivity contribution in [2.45, 2.75) is 45.6 Å². The van der Waals surface area contributed by atoms with Crippen molar-refractivity contribution >= 4 is 11.6 Å². The zero-order chi connectivity index (χ0) is 9.26. The fourth-order valence-corrected chi connectivity index (χ4v) is 2.28. The summed E-state index contributed by atoms with van der Waals surface area (Å²) in [4.78, 5) is 4.41. The molecule has 1 aromatic heterocycles. The smallest absolute Gasteiger partial charge is 0.150 e. The van der Waals surface area contributed by atoms with Gasteiger partial charge >= 0.3 is 0 Å². The van der Waals surface area contributed by atoms with Crippen LogP contribution in [0.15, 0.2) is 0 Å². The maximum absolute atomic E-state index is 6.07. The number of hydrogen-bond acceptors (Lipinski definition) is 1. The first-order valence-electron chi connectivity index (χ1n) is 5.06. The summed E-state index contributed by atoms with van der Waals surface area (Å²) < 4.78 is 2.31. The van der Waals surface area contributed by atoms with E-state index >= 15 is 0 Å². The van der Waals surface area contributed by atoms with E-state index in [1.54, 1.807) is 0 Å². The molecule has 0 radical (unpaired) electrons. The number of aromatic nitrogens is 2. The van der Waals surface area contributed by atoms with Gasteiger partial charge in [-0.15, -0.1) is 0 Å². The van der Waals surface area contributed by atoms with Crippen molar-refractivity contribution < 1.29 is 0 Å². The molecule has 2 rings (SSSR count). The van der Waals surface area contributed by atoms with Gasteiger partial charge in [-0.3, -0.25) is 0 Å². The maximum Gasteiger partial charge on any atom is 0.150 e. The molecule has 0 saturated carbocycles. The van der Waals surface area contributed by atoms with Gasteiger partial charge in [0.2, 0.25) is 0 Å². The third-order valence-corrected chi connectivity index (χ3v) is 2.92. The topological polar surface area (TPSA) is 17.8 Å². The van der Waals surface area contributed by atoms with E-state index in [0.29, 0.717) is 0 Å². The zero-order valence-electron chi connectivity index (χ0n) is 8.02. The van der Waals surface area contributed by atoms with Crippen LogP contribution in [0.5, 0.6) is 0 Å². The molecule has 13 heavy (non-hydrogen) atoms. The van der Waals surface area contributed by atoms with Crippen LogP contribution in [0.2, 0.25) is 5.15 Å². The van der Waals surface area contributed by atoms with Gasteiger partial charge in [0.1, 0.15) is 5.82 Å². The number of aryl methyl sites for hydroxylation is 1. The van der Waals surface area contributed by atoms with Gasteiger partial charge < -0.3 is 4.57 Å². The first kappa shape index (κ1) is 9.07. The summed E-state index contributed by atoms with van der Waals surface area (Å²) in [7, 11) is 0. The zero-order valence-corrected chi connectivity index (χ0v) is 8.77. The van der Waals surface area contributed by atoms with Crippen LogP contribution in [0.25, 0.3) is 0 Å². The van der Waals surface area contributed by atoms with Crippen LogP contribution in [0.4, 0.5) is 0 Å². The molecule has 0 amide bonds. The van der Waals surface area contributed by atoms with Gasteiger partial charge in [0.15, 0.2) is 5.15 Å². The summed E-state index contributed by atoms with van der Waals surface area (Å²) in [6.45, 7) is 3.29. The van der Waals surface area contributed by atoms with Gasteiger partial charge in [-0.1, -0.05) is 18.5 Å². The van der Waals surface area contributed by atoms with Crippen LogP contribution in [0.3, 0.4) is 0 Å². The lowest BCUT2D eigenvalue weighted by atomic mass is 10.1. The third kappa shape index (κ3) is 1.60. The van der Waals surface area contributed by atoms with Gasteiger partial charge in [0, 0.05) is 13.0 Å². The number of fused-ring (bicyclic) bond motifs is 1. The van der Waals surface area contributed by atoms with Crippen molar-refractivity contribution in [3.8, 4) is 0 Å². The molecular weight excluding hydrogens is 184 g/mol. The average molecular weight is 199 g/mol. The minimum atomic E-state index is 0.739. The van der Waals surface area contributed by atoms with E-state index in [1.165, 1.54) is 24.4 Å². The van der Waals surface area contributed by atoms with Crippen molar-refractivity contribution in [2.75, 3.05) is 0 Å². The Bertz CT molecular complexity index is 304. The molecule has 3 heteroatoms. The van der Waals surface area contributed by atoms with Crippen LogP contribution in [-0.4, -0.2) is 9.55 Å². The molecule has 2 nitrogen and oxygen atoms in total. The van der Waals surface area contributed by atoms with Crippen LogP contribution >= 0.6 is 11.6 Å². The lowest BCUT2D eigenvalue weighted by molar-refractivity contribution is 0.512. The Morgan fingerprint density at radius 2 is 2.31 bits per heavy atom. The Balaban J connectivity index is 2.36. The van der Waals surface area contributed by atoms with E-state index < -0.39 is 0 Å². The van der Waals surface area contributed by atoms with Crippen LogP contribution < -0.4 is 0 Å². The fourth-order valence-electron chi connectivity index (χ4n) is 1.98. The molecular formula is C10H15ClN2. The molecule has 0 saturated heterocycles. The molecule has 0 unspecified atom stereocenters. The Labute approximate surface area is 83.9 Å². The molecule has 0 spiro atoms. The highest BCUT2D eigenvalue weighted by atomic mass is 35.5. The van der Waals surface area contributed by atoms with Crippen molar-refractivity contribution in [2.24, 2.45) is 0 Å². The van der Waals surface area contributed by atoms with Gasteiger partial charge in [0.25, 0.3) is 0 Å². The van der Waals surface area contributed by atoms with E-state index in [4.69, 9.17) is 11.6 Å². The molecule has 0 fully saturated rings. The first-order chi connectivity index (χ1) is 6.33. The van der Waals surface area contributed by atoms with E-state index in [9.17, 15) is 0 Å². The van der Waals surface area contributed by atoms with Crippen molar-refractivity contribution in [1.82, 2.24) is 9.55 Å². The summed E-state index contributed by atoms with van der Waals surface area (Å²) in [5.41, 5.74) is 1.26. The lowest BCUT2D eigenvalue weighted by Crippen LogP contribution is -2.12. The van der Waals surface area contributed by atoms with Gasteiger partial charge in [0.05, 0.1) is 5.69 Å². The van der Waals surface area contributed by atoms with Crippen molar-refractivity contribution in [3.63, 3.8) is 0 Å². The second kappa shape index (κ2) is 3.70. The molecule has 0 aromatic carbocycles. The number of halogens is 1. The molecule has 0 atom stereocenters. The minimum Gasteiger partial charge on any atom is -0.331 e. The summed E-state index contributed by atoms with van der Waals surface area (Å²) in [6.07, 6.45) is 5.84. The molecule has 1 aromatic rings. The Morgan fingerprint density at radius 1 is 1.46 bits per heavy atom. The van der Waals surface area contributed by atoms with E-state index in [-0.39, 0.29) is 0 Å². The molecule has 1 aliphatic rings. The average Bonchev–Trinajstić information content (AvgIpc) is 2.46. The number of hydrogen-bond donors (Lipinski definition) is 0. The Hall–Kier alpha value is -0.500. The molecule has 0 aliphatic carbocycles. The summed E-state index contributed by atoms with van der Waals surface area (Å²) >= 11 is 6.07. The van der Waals surface area contributed by atoms with Crippen LogP contribution in [0, 0.1) is 0 Å². The van der Waals surface area contributed by atoms with E-state index in [1.807, 2.05) is 0 Å². The monoisotopic (exact) mass is 198 g/mol. The fraction of sp³-hybridized carbons (Fsp3) is 0.700.